The van der Waals surface area contributed by atoms with E-state index in [0.29, 0.717) is 22.6 Å². The molecule has 2 aromatic carbocycles. The first-order valence-electron chi connectivity index (χ1n) is 8.12. The van der Waals surface area contributed by atoms with Gasteiger partial charge in [0.25, 0.3) is 5.69 Å². The maximum Gasteiger partial charge on any atom is 0.293 e. The van der Waals surface area contributed by atoms with Gasteiger partial charge in [-0.15, -0.1) is 0 Å². The summed E-state index contributed by atoms with van der Waals surface area (Å²) in [7, 11) is 3.02. The van der Waals surface area contributed by atoms with Crippen LogP contribution in [0.5, 0.6) is 11.5 Å². The predicted molar refractivity (Wildman–Crippen MR) is 97.2 cm³/mol. The van der Waals surface area contributed by atoms with Crippen LogP contribution in [0.25, 0.3) is 0 Å². The van der Waals surface area contributed by atoms with E-state index in [2.05, 4.69) is 0 Å². The largest absolute Gasteiger partial charge is 0.496 e. The van der Waals surface area contributed by atoms with Crippen LogP contribution in [-0.2, 0) is 6.54 Å². The van der Waals surface area contributed by atoms with Gasteiger partial charge in [0, 0.05) is 35.8 Å². The molecule has 0 aliphatic carbocycles. The van der Waals surface area contributed by atoms with Crippen molar-refractivity contribution in [1.82, 2.24) is 0 Å². The number of amides is 1. The van der Waals surface area contributed by atoms with Gasteiger partial charge in [-0.3, -0.25) is 14.9 Å². The molecular formula is C18H19N3O6. The molecule has 0 bridgehead atoms. The van der Waals surface area contributed by atoms with Crippen LogP contribution >= 0.6 is 0 Å². The second-order valence-corrected chi connectivity index (χ2v) is 6.08. The molecule has 0 spiro atoms. The molecule has 142 valence electrons. The van der Waals surface area contributed by atoms with Crippen molar-refractivity contribution in [2.45, 2.75) is 12.6 Å². The monoisotopic (exact) mass is 373 g/mol. The minimum atomic E-state index is -0.936. The van der Waals surface area contributed by atoms with E-state index < -0.39 is 16.9 Å². The van der Waals surface area contributed by atoms with E-state index in [0.717, 1.165) is 6.07 Å². The Balaban J connectivity index is 2.09. The lowest BCUT2D eigenvalue weighted by Gasteiger charge is -2.35. The van der Waals surface area contributed by atoms with E-state index in [1.165, 1.54) is 26.4 Å². The van der Waals surface area contributed by atoms with Crippen molar-refractivity contribution in [1.29, 1.82) is 0 Å². The summed E-state index contributed by atoms with van der Waals surface area (Å²) < 4.78 is 10.7. The number of carbonyl (C=O) groups excluding carboxylic acids is 1. The number of aliphatic hydroxyl groups is 1. The summed E-state index contributed by atoms with van der Waals surface area (Å²) in [6.07, 6.45) is -0.936. The quantitative estimate of drug-likeness (QED) is 0.603. The lowest BCUT2D eigenvalue weighted by molar-refractivity contribution is -0.384. The van der Waals surface area contributed by atoms with E-state index in [-0.39, 0.29) is 30.0 Å². The summed E-state index contributed by atoms with van der Waals surface area (Å²) in [5.74, 6) is 0.322. The van der Waals surface area contributed by atoms with Crippen molar-refractivity contribution >= 4 is 17.3 Å². The fourth-order valence-electron chi connectivity index (χ4n) is 3.35. The number of methoxy groups -OCH3 is 2. The molecule has 0 aromatic heterocycles. The minimum absolute atomic E-state index is 0.0441. The van der Waals surface area contributed by atoms with Gasteiger partial charge in [0.1, 0.15) is 23.3 Å². The first-order valence-corrected chi connectivity index (χ1v) is 8.12. The molecule has 0 saturated carbocycles. The number of primary amides is 1. The summed E-state index contributed by atoms with van der Waals surface area (Å²) in [5, 5.41) is 22.2. The van der Waals surface area contributed by atoms with Crippen molar-refractivity contribution in [3.8, 4) is 11.5 Å². The van der Waals surface area contributed by atoms with Crippen LogP contribution < -0.4 is 20.1 Å². The molecule has 0 saturated heterocycles. The lowest BCUT2D eigenvalue weighted by atomic mass is 9.94. The highest BCUT2D eigenvalue weighted by atomic mass is 16.6. The average Bonchev–Trinajstić information content (AvgIpc) is 2.66. The molecule has 1 aliphatic heterocycles. The van der Waals surface area contributed by atoms with Gasteiger partial charge in [-0.25, -0.2) is 0 Å². The highest BCUT2D eigenvalue weighted by Crippen LogP contribution is 2.42. The van der Waals surface area contributed by atoms with Gasteiger partial charge in [0.2, 0.25) is 5.91 Å². The summed E-state index contributed by atoms with van der Waals surface area (Å²) in [4.78, 5) is 23.9. The van der Waals surface area contributed by atoms with Crippen molar-refractivity contribution in [3.05, 3.63) is 57.1 Å². The number of benzene rings is 2. The van der Waals surface area contributed by atoms with Gasteiger partial charge in [0.05, 0.1) is 19.1 Å². The molecule has 1 heterocycles. The third-order valence-electron chi connectivity index (χ3n) is 4.59. The number of ether oxygens (including phenoxy) is 2. The number of nitro groups is 1. The number of fused-ring (bicyclic) bond motifs is 1. The Morgan fingerprint density at radius 1 is 1.26 bits per heavy atom. The highest BCUT2D eigenvalue weighted by molar-refractivity contribution is 5.94. The number of anilines is 1. The second kappa shape index (κ2) is 7.12. The van der Waals surface area contributed by atoms with E-state index in [4.69, 9.17) is 15.2 Å². The molecule has 1 aliphatic rings. The third-order valence-corrected chi connectivity index (χ3v) is 4.59. The number of hydrogen-bond donors (Lipinski definition) is 2. The Morgan fingerprint density at radius 2 is 1.93 bits per heavy atom. The number of nitrogens with two attached hydrogens (primary N) is 1. The number of nitro benzene ring substituents is 1. The summed E-state index contributed by atoms with van der Waals surface area (Å²) >= 11 is 0. The molecule has 27 heavy (non-hydrogen) atoms. The van der Waals surface area contributed by atoms with Crippen molar-refractivity contribution < 1.29 is 24.3 Å². The fourth-order valence-corrected chi connectivity index (χ4v) is 3.35. The van der Waals surface area contributed by atoms with Gasteiger partial charge in [-0.05, 0) is 24.3 Å². The van der Waals surface area contributed by atoms with Crippen LogP contribution in [0, 0.1) is 10.1 Å². The topological polar surface area (TPSA) is 128 Å². The molecule has 0 unspecified atom stereocenters. The zero-order chi connectivity index (χ0) is 19.7. The molecular weight excluding hydrogens is 354 g/mol. The van der Waals surface area contributed by atoms with Crippen molar-refractivity contribution in [2.24, 2.45) is 5.73 Å². The normalized spacial score (nSPS) is 15.8. The average molecular weight is 373 g/mol. The Labute approximate surface area is 155 Å². The maximum atomic E-state index is 11.5. The Bertz CT molecular complexity index is 914. The van der Waals surface area contributed by atoms with Crippen LogP contribution in [-0.4, -0.2) is 36.7 Å². The standard InChI is InChI=1S/C18H19N3O6/c1-26-15-5-6-16(27-2)17-11(15)8-20(9-14(17)22)12-4-3-10(18(19)23)7-13(12)21(24)25/h3-7,14,22H,8-9H2,1-2H3,(H2,19,23)/t14-/m0/s1. The van der Waals surface area contributed by atoms with Crippen molar-refractivity contribution in [2.75, 3.05) is 25.7 Å². The van der Waals surface area contributed by atoms with Gasteiger partial charge >= 0.3 is 0 Å². The SMILES string of the molecule is COc1ccc(OC)c2c1CN(c1ccc(C(N)=O)cc1[N+](=O)[O-])C[C@@H]2O. The molecule has 9 nitrogen and oxygen atoms in total. The van der Waals surface area contributed by atoms with Crippen LogP contribution in [0.4, 0.5) is 11.4 Å². The molecule has 3 N–H and O–H groups in total. The maximum absolute atomic E-state index is 11.5. The zero-order valence-electron chi connectivity index (χ0n) is 14.8. The number of nitrogens with zero attached hydrogens (tertiary/aromatic N) is 2. The Morgan fingerprint density at radius 3 is 2.52 bits per heavy atom. The summed E-state index contributed by atoms with van der Waals surface area (Å²) in [5.41, 5.74) is 6.57. The number of rotatable bonds is 5. The second-order valence-electron chi connectivity index (χ2n) is 6.08. The number of carbonyl (C=O) groups is 1. The van der Waals surface area contributed by atoms with Gasteiger partial charge in [0.15, 0.2) is 0 Å². The van der Waals surface area contributed by atoms with Gasteiger partial charge < -0.3 is 25.2 Å². The fraction of sp³-hybridized carbons (Fsp3) is 0.278. The van der Waals surface area contributed by atoms with E-state index >= 15 is 0 Å². The van der Waals surface area contributed by atoms with Crippen LogP contribution in [0.1, 0.15) is 27.6 Å². The van der Waals surface area contributed by atoms with Crippen LogP contribution in [0.15, 0.2) is 30.3 Å². The van der Waals surface area contributed by atoms with E-state index in [1.807, 2.05) is 0 Å². The summed E-state index contributed by atoms with van der Waals surface area (Å²) in [6.45, 7) is 0.386. The predicted octanol–water partition coefficient (Wildman–Crippen LogP) is 1.76. The smallest absolute Gasteiger partial charge is 0.293 e. The minimum Gasteiger partial charge on any atom is -0.496 e. The molecule has 2 aromatic rings. The van der Waals surface area contributed by atoms with Crippen LogP contribution in [0.2, 0.25) is 0 Å². The molecule has 3 rings (SSSR count). The molecule has 1 amide bonds. The van der Waals surface area contributed by atoms with E-state index in [9.17, 15) is 20.0 Å². The third kappa shape index (κ3) is 3.24. The van der Waals surface area contributed by atoms with E-state index in [1.54, 1.807) is 17.0 Å². The molecule has 0 radical (unpaired) electrons. The number of hydrogen-bond acceptors (Lipinski definition) is 7. The first kappa shape index (κ1) is 18.5. The lowest BCUT2D eigenvalue weighted by Crippen LogP contribution is -2.34. The van der Waals surface area contributed by atoms with Crippen LogP contribution in [0.3, 0.4) is 0 Å². The van der Waals surface area contributed by atoms with Gasteiger partial charge in [-0.2, -0.15) is 0 Å². The molecule has 1 atom stereocenters. The van der Waals surface area contributed by atoms with Crippen molar-refractivity contribution in [3.63, 3.8) is 0 Å². The molecule has 0 fully saturated rings. The molecule has 9 heteroatoms. The van der Waals surface area contributed by atoms with Gasteiger partial charge in [-0.1, -0.05) is 0 Å². The number of aliphatic hydroxyl groups excluding tert-OH is 1. The first-order chi connectivity index (χ1) is 12.9. The number of β-amino-alcohol motifs (C(OH)–C–C–N with tert-alkyl or cyclic N) is 1. The Kier molecular flexibility index (Phi) is 4.87. The summed E-state index contributed by atoms with van der Waals surface area (Å²) in [6, 6.07) is 7.46. The Hall–Kier alpha value is -3.33. The highest BCUT2D eigenvalue weighted by Gasteiger charge is 2.32. The zero-order valence-corrected chi connectivity index (χ0v) is 14.8.